The summed E-state index contributed by atoms with van der Waals surface area (Å²) in [5.74, 6) is 2.69. The molecule has 5 rings (SSSR count). The van der Waals surface area contributed by atoms with Crippen LogP contribution in [0.1, 0.15) is 95.4 Å². The Morgan fingerprint density at radius 2 is 1.59 bits per heavy atom. The van der Waals surface area contributed by atoms with Gasteiger partial charge in [-0.2, -0.15) is 4.98 Å². The van der Waals surface area contributed by atoms with Gasteiger partial charge in [-0.3, -0.25) is 4.90 Å². The highest BCUT2D eigenvalue weighted by Crippen LogP contribution is 2.28. The zero-order valence-electron chi connectivity index (χ0n) is 37.4. The molecule has 4 N–H and O–H groups in total. The summed E-state index contributed by atoms with van der Waals surface area (Å²) in [6, 6.07) is 8.38. The highest BCUT2D eigenvalue weighted by atomic mass is 16.5. The zero-order valence-corrected chi connectivity index (χ0v) is 37.4. The van der Waals surface area contributed by atoms with Gasteiger partial charge in [-0.25, -0.2) is 14.5 Å². The third kappa shape index (κ3) is 16.4. The molecular weight excluding hydrogens is 775 g/mol. The van der Waals surface area contributed by atoms with Crippen LogP contribution in [0.25, 0.3) is 11.0 Å². The van der Waals surface area contributed by atoms with E-state index in [1.165, 1.54) is 56.9 Å². The van der Waals surface area contributed by atoms with E-state index in [2.05, 4.69) is 79.4 Å². The number of nitrogen functional groups attached to an aromatic ring is 1. The summed E-state index contributed by atoms with van der Waals surface area (Å²) >= 11 is 0. The van der Waals surface area contributed by atoms with Gasteiger partial charge in [-0.15, -0.1) is 5.10 Å². The minimum atomic E-state index is -0.0584. The van der Waals surface area contributed by atoms with Gasteiger partial charge in [0.15, 0.2) is 5.82 Å². The van der Waals surface area contributed by atoms with Gasteiger partial charge in [-0.1, -0.05) is 89.5 Å². The van der Waals surface area contributed by atoms with E-state index in [1.54, 1.807) is 11.8 Å². The number of piperazine rings is 1. The van der Waals surface area contributed by atoms with Crippen molar-refractivity contribution in [2.75, 3.05) is 97.1 Å². The summed E-state index contributed by atoms with van der Waals surface area (Å²) in [6.45, 7) is 15.9. The third-order valence-electron chi connectivity index (χ3n) is 11.3. The number of nitrogens with two attached hydrogens (primary N) is 1. The molecule has 338 valence electrons. The van der Waals surface area contributed by atoms with Crippen LogP contribution in [0.2, 0.25) is 0 Å². The number of carbonyl (C=O) groups excluding carboxylic acids is 1. The highest BCUT2D eigenvalue weighted by Gasteiger charge is 2.21. The summed E-state index contributed by atoms with van der Waals surface area (Å²) in [7, 11) is 1.72. The lowest BCUT2D eigenvalue weighted by atomic mass is 9.96. The molecule has 1 atom stereocenters. The summed E-state index contributed by atoms with van der Waals surface area (Å²) in [6.07, 6.45) is 16.4. The van der Waals surface area contributed by atoms with Crippen LogP contribution in [0.15, 0.2) is 36.7 Å². The van der Waals surface area contributed by atoms with Crippen LogP contribution < -0.4 is 21.1 Å². The number of hydrogen-bond acceptors (Lipinski definition) is 12. The van der Waals surface area contributed by atoms with Crippen molar-refractivity contribution in [3.8, 4) is 5.75 Å². The van der Waals surface area contributed by atoms with Crippen molar-refractivity contribution in [3.63, 3.8) is 0 Å². The van der Waals surface area contributed by atoms with Crippen molar-refractivity contribution in [1.29, 1.82) is 0 Å². The fourth-order valence-corrected chi connectivity index (χ4v) is 7.67. The molecule has 2 amide bonds. The van der Waals surface area contributed by atoms with Crippen LogP contribution in [-0.4, -0.2) is 131 Å². The lowest BCUT2D eigenvalue weighted by Gasteiger charge is -2.34. The molecule has 0 saturated carbocycles. The molecule has 4 heterocycles. The normalized spacial score (nSPS) is 13.9. The van der Waals surface area contributed by atoms with E-state index in [1.807, 2.05) is 23.4 Å². The second-order valence-corrected chi connectivity index (χ2v) is 16.1. The van der Waals surface area contributed by atoms with Crippen molar-refractivity contribution in [2.45, 2.75) is 105 Å². The molecule has 0 aliphatic carbocycles. The quantitative estimate of drug-likeness (QED) is 0.0496. The van der Waals surface area contributed by atoms with Crippen LogP contribution in [0.4, 0.5) is 16.6 Å². The lowest BCUT2D eigenvalue weighted by Crippen LogP contribution is -2.51. The van der Waals surface area contributed by atoms with Crippen LogP contribution in [0.5, 0.6) is 5.75 Å². The number of aryl methyl sites for hydroxylation is 1. The standard InChI is InChI=1S/C45H73N11O5/c1-5-7-8-10-13-36(3)14-11-9-12-18-47-43-42-40(49-44(46)50-43)17-20-55(42)34-38-16-15-37(32-41(38)58-4)33-53-21-23-54(24-22-53)45(57)48-19-26-59-28-30-61-31-29-60-27-25-56-35-39(6-2)51-52-56/h15-17,20,32,35-36H,5-14,18-19,21-31,33-34H2,1-4H3,(H,48,57)(H3,46,47,49,50). The number of aromatic nitrogens is 6. The fraction of sp³-hybridized carbons (Fsp3) is 0.667. The number of benzene rings is 1. The average Bonchev–Trinajstić information content (AvgIpc) is 3.91. The number of nitrogens with one attached hydrogen (secondary N) is 2. The van der Waals surface area contributed by atoms with E-state index >= 15 is 0 Å². The Labute approximate surface area is 363 Å². The van der Waals surface area contributed by atoms with Crippen molar-refractivity contribution in [3.05, 3.63) is 53.5 Å². The minimum Gasteiger partial charge on any atom is -0.496 e. The minimum absolute atomic E-state index is 0.0584. The van der Waals surface area contributed by atoms with Gasteiger partial charge in [0.05, 0.1) is 71.1 Å². The monoisotopic (exact) mass is 848 g/mol. The summed E-state index contributed by atoms with van der Waals surface area (Å²) < 4.78 is 26.7. The molecule has 1 aromatic carbocycles. The van der Waals surface area contributed by atoms with Gasteiger partial charge in [0.2, 0.25) is 5.95 Å². The maximum Gasteiger partial charge on any atom is 0.317 e. The molecular formula is C45H73N11O5. The molecule has 0 radical (unpaired) electrons. The number of amides is 2. The molecule has 1 aliphatic heterocycles. The maximum atomic E-state index is 12.8. The van der Waals surface area contributed by atoms with E-state index in [0.29, 0.717) is 72.4 Å². The second-order valence-electron chi connectivity index (χ2n) is 16.1. The van der Waals surface area contributed by atoms with Crippen molar-refractivity contribution >= 4 is 28.8 Å². The van der Waals surface area contributed by atoms with Gasteiger partial charge in [0.25, 0.3) is 0 Å². The van der Waals surface area contributed by atoms with E-state index in [4.69, 9.17) is 24.7 Å². The molecule has 1 fully saturated rings. The predicted molar refractivity (Wildman–Crippen MR) is 241 cm³/mol. The van der Waals surface area contributed by atoms with E-state index in [-0.39, 0.29) is 12.0 Å². The first-order valence-electron chi connectivity index (χ1n) is 22.8. The van der Waals surface area contributed by atoms with Gasteiger partial charge in [0, 0.05) is 63.8 Å². The molecule has 1 aliphatic rings. The Morgan fingerprint density at radius 1 is 0.852 bits per heavy atom. The largest absolute Gasteiger partial charge is 0.496 e. The summed E-state index contributed by atoms with van der Waals surface area (Å²) in [4.78, 5) is 26.2. The summed E-state index contributed by atoms with van der Waals surface area (Å²) in [5, 5.41) is 14.7. The number of carbonyl (C=O) groups is 1. The Morgan fingerprint density at radius 3 is 2.31 bits per heavy atom. The number of rotatable bonds is 30. The van der Waals surface area contributed by atoms with E-state index in [0.717, 1.165) is 78.8 Å². The lowest BCUT2D eigenvalue weighted by molar-refractivity contribution is 0.0133. The predicted octanol–water partition coefficient (Wildman–Crippen LogP) is 6.38. The SMILES string of the molecule is CCCCCCC(C)CCCCCNc1nc(N)nc2ccn(Cc3ccc(CN4CCN(C(=O)NCCOCCOCCOCCn5cc(CC)nn5)CC4)cc3OC)c12. The molecule has 61 heavy (non-hydrogen) atoms. The number of anilines is 2. The maximum absolute atomic E-state index is 12.8. The van der Waals surface area contributed by atoms with Crippen LogP contribution in [0, 0.1) is 5.92 Å². The zero-order chi connectivity index (χ0) is 43.1. The number of nitrogens with zero attached hydrogens (tertiary/aromatic N) is 8. The van der Waals surface area contributed by atoms with Crippen LogP contribution >= 0.6 is 0 Å². The van der Waals surface area contributed by atoms with Crippen molar-refractivity contribution in [2.24, 2.45) is 5.92 Å². The smallest absolute Gasteiger partial charge is 0.317 e. The Balaban J connectivity index is 0.959. The average molecular weight is 848 g/mol. The molecule has 0 bridgehead atoms. The Hall–Kier alpha value is -4.51. The Bertz CT molecular complexity index is 1840. The first-order chi connectivity index (χ1) is 29.9. The number of ether oxygens (including phenoxy) is 4. The van der Waals surface area contributed by atoms with E-state index < -0.39 is 0 Å². The number of methoxy groups -OCH3 is 1. The number of unbranched alkanes of at least 4 members (excludes halogenated alkanes) is 5. The van der Waals surface area contributed by atoms with Crippen LogP contribution in [-0.2, 0) is 40.3 Å². The molecule has 1 unspecified atom stereocenters. The van der Waals surface area contributed by atoms with Gasteiger partial charge >= 0.3 is 6.03 Å². The molecule has 16 nitrogen and oxygen atoms in total. The van der Waals surface area contributed by atoms with E-state index in [9.17, 15) is 4.79 Å². The number of fused-ring (bicyclic) bond motifs is 1. The van der Waals surface area contributed by atoms with Gasteiger partial charge < -0.3 is 44.8 Å². The number of hydrogen-bond donors (Lipinski definition) is 3. The first kappa shape index (κ1) is 47.5. The van der Waals surface area contributed by atoms with Crippen molar-refractivity contribution < 1.29 is 23.7 Å². The van der Waals surface area contributed by atoms with Crippen molar-refractivity contribution in [1.82, 2.24) is 44.6 Å². The van der Waals surface area contributed by atoms with Crippen LogP contribution in [0.3, 0.4) is 0 Å². The highest BCUT2D eigenvalue weighted by molar-refractivity contribution is 5.87. The molecule has 4 aromatic rings. The number of urea groups is 1. The molecule has 1 saturated heterocycles. The third-order valence-corrected chi connectivity index (χ3v) is 11.3. The van der Waals surface area contributed by atoms with Gasteiger partial charge in [0.1, 0.15) is 11.3 Å². The molecule has 0 spiro atoms. The Kier molecular flexibility index (Phi) is 20.8. The summed E-state index contributed by atoms with van der Waals surface area (Å²) in [5.41, 5.74) is 11.1. The fourth-order valence-electron chi connectivity index (χ4n) is 7.67. The first-order valence-corrected chi connectivity index (χ1v) is 22.8. The van der Waals surface area contributed by atoms with Gasteiger partial charge in [-0.05, 0) is 36.5 Å². The molecule has 3 aromatic heterocycles. The second kappa shape index (κ2) is 26.7. The molecule has 16 heteroatoms. The topological polar surface area (TPSA) is 172 Å².